The molecule has 33 heavy (non-hydrogen) atoms. The van der Waals surface area contributed by atoms with Crippen molar-refractivity contribution in [3.63, 3.8) is 0 Å². The van der Waals surface area contributed by atoms with Gasteiger partial charge in [-0.2, -0.15) is 0 Å². The van der Waals surface area contributed by atoms with Crippen molar-refractivity contribution in [2.45, 2.75) is 181 Å². The number of unbranched alkanes of at least 4 members (excludes halogenated alkanes) is 21. The summed E-state index contributed by atoms with van der Waals surface area (Å²) in [6.45, 7) is 8.77. The van der Waals surface area contributed by atoms with Crippen molar-refractivity contribution in [1.29, 1.82) is 0 Å². The minimum atomic E-state index is 1.04. The molecule has 0 aromatic heterocycles. The van der Waals surface area contributed by atoms with Crippen LogP contribution in [0.4, 0.5) is 0 Å². The third-order valence-electron chi connectivity index (χ3n) is 8.25. The van der Waals surface area contributed by atoms with Crippen LogP contribution in [0.2, 0.25) is 0 Å². The topological polar surface area (TPSA) is 3.24 Å². The molecule has 1 fully saturated rings. The zero-order valence-corrected chi connectivity index (χ0v) is 23.5. The van der Waals surface area contributed by atoms with E-state index in [1.165, 1.54) is 187 Å². The Labute approximate surface area is 211 Å². The van der Waals surface area contributed by atoms with E-state index < -0.39 is 0 Å². The summed E-state index contributed by atoms with van der Waals surface area (Å²) < 4.78 is 0. The summed E-state index contributed by atoms with van der Waals surface area (Å²) in [5.41, 5.74) is 0. The molecule has 1 nitrogen and oxygen atoms in total. The summed E-state index contributed by atoms with van der Waals surface area (Å²) in [6, 6.07) is 0. The molecule has 0 unspecified atom stereocenters. The van der Waals surface area contributed by atoms with Gasteiger partial charge in [0.1, 0.15) is 0 Å². The van der Waals surface area contributed by atoms with Crippen molar-refractivity contribution in [3.05, 3.63) is 0 Å². The first-order valence-corrected chi connectivity index (χ1v) is 16.1. The molecule has 0 atom stereocenters. The second-order valence-corrected chi connectivity index (χ2v) is 11.5. The third kappa shape index (κ3) is 21.0. The zero-order chi connectivity index (χ0) is 23.7. The lowest BCUT2D eigenvalue weighted by atomic mass is 9.91. The average molecular weight is 464 g/mol. The van der Waals surface area contributed by atoms with Gasteiger partial charge in [-0.05, 0) is 44.8 Å². The van der Waals surface area contributed by atoms with E-state index >= 15 is 0 Å². The number of hydrogen-bond donors (Lipinski definition) is 0. The molecule has 0 aromatic rings. The highest BCUT2D eigenvalue weighted by Gasteiger charge is 2.18. The molecule has 0 N–H and O–H groups in total. The van der Waals surface area contributed by atoms with E-state index in [1.807, 2.05) is 0 Å². The van der Waals surface area contributed by atoms with Gasteiger partial charge in [0.25, 0.3) is 0 Å². The van der Waals surface area contributed by atoms with Crippen molar-refractivity contribution in [3.8, 4) is 0 Å². The van der Waals surface area contributed by atoms with Crippen LogP contribution in [-0.2, 0) is 0 Å². The molecule has 1 saturated heterocycles. The second-order valence-electron chi connectivity index (χ2n) is 11.5. The molecule has 0 aliphatic carbocycles. The van der Waals surface area contributed by atoms with Crippen molar-refractivity contribution in [1.82, 2.24) is 4.90 Å². The van der Waals surface area contributed by atoms with Crippen LogP contribution in [0.5, 0.6) is 0 Å². The smallest absolute Gasteiger partial charge is 0.00161 e. The van der Waals surface area contributed by atoms with Crippen LogP contribution in [0.15, 0.2) is 0 Å². The fraction of sp³-hybridized carbons (Fsp3) is 1.00. The molecule has 0 radical (unpaired) electrons. The Morgan fingerprint density at radius 2 is 0.758 bits per heavy atom. The van der Waals surface area contributed by atoms with E-state index in [-0.39, 0.29) is 0 Å². The van der Waals surface area contributed by atoms with E-state index in [0.29, 0.717) is 0 Å². The largest absolute Gasteiger partial charge is 0.303 e. The summed E-state index contributed by atoms with van der Waals surface area (Å²) in [7, 11) is 0. The normalized spacial score (nSPS) is 15.5. The highest BCUT2D eigenvalue weighted by molar-refractivity contribution is 4.72. The highest BCUT2D eigenvalue weighted by Crippen LogP contribution is 2.24. The van der Waals surface area contributed by atoms with Gasteiger partial charge in [-0.15, -0.1) is 0 Å². The van der Waals surface area contributed by atoms with E-state index in [1.54, 1.807) is 0 Å². The molecule has 0 spiro atoms. The number of rotatable bonds is 25. The van der Waals surface area contributed by atoms with Crippen LogP contribution in [-0.4, -0.2) is 24.5 Å². The van der Waals surface area contributed by atoms with E-state index in [9.17, 15) is 0 Å². The molecular formula is C32H65N. The molecule has 1 heteroatoms. The van der Waals surface area contributed by atoms with Gasteiger partial charge in [0.2, 0.25) is 0 Å². The first-order valence-electron chi connectivity index (χ1n) is 16.1. The Morgan fingerprint density at radius 3 is 1.15 bits per heavy atom. The van der Waals surface area contributed by atoms with Crippen LogP contribution >= 0.6 is 0 Å². The number of likely N-dealkylation sites (tertiary alicyclic amines) is 1. The zero-order valence-electron chi connectivity index (χ0n) is 23.5. The standard InChI is InChI=1S/C32H65N/c1-3-5-7-9-11-12-13-14-15-16-17-18-19-21-23-25-29-33-30-27-32(28-31-33)26-24-22-20-10-8-6-4-2/h32H,3-31H2,1-2H3. The Hall–Kier alpha value is -0.0400. The highest BCUT2D eigenvalue weighted by atomic mass is 15.1. The van der Waals surface area contributed by atoms with Gasteiger partial charge in [0, 0.05) is 0 Å². The Balaban J connectivity index is 1.75. The van der Waals surface area contributed by atoms with Gasteiger partial charge in [0.15, 0.2) is 0 Å². The maximum Gasteiger partial charge on any atom is -0.00161 e. The van der Waals surface area contributed by atoms with Gasteiger partial charge in [-0.3, -0.25) is 0 Å². The predicted molar refractivity (Wildman–Crippen MR) is 151 cm³/mol. The van der Waals surface area contributed by atoms with Gasteiger partial charge in [-0.25, -0.2) is 0 Å². The second kappa shape index (κ2) is 25.1. The van der Waals surface area contributed by atoms with E-state index in [2.05, 4.69) is 18.7 Å². The summed E-state index contributed by atoms with van der Waals surface area (Å²) in [5.74, 6) is 1.04. The molecule has 198 valence electrons. The molecule has 0 bridgehead atoms. The fourth-order valence-corrected chi connectivity index (χ4v) is 5.77. The molecule has 1 aliphatic heterocycles. The summed E-state index contributed by atoms with van der Waals surface area (Å²) in [4.78, 5) is 2.77. The molecule has 0 saturated carbocycles. The molecule has 1 rings (SSSR count). The lowest BCUT2D eigenvalue weighted by Gasteiger charge is -2.32. The van der Waals surface area contributed by atoms with Crippen LogP contribution in [0, 0.1) is 5.92 Å². The Bertz CT molecular complexity index is 358. The lowest BCUT2D eigenvalue weighted by Crippen LogP contribution is -2.34. The van der Waals surface area contributed by atoms with E-state index in [4.69, 9.17) is 0 Å². The Kier molecular flexibility index (Phi) is 23.5. The van der Waals surface area contributed by atoms with Crippen molar-refractivity contribution in [2.75, 3.05) is 19.6 Å². The van der Waals surface area contributed by atoms with Gasteiger partial charge in [-0.1, -0.05) is 162 Å². The summed E-state index contributed by atoms with van der Waals surface area (Å²) >= 11 is 0. The number of nitrogens with zero attached hydrogens (tertiary/aromatic N) is 1. The van der Waals surface area contributed by atoms with Gasteiger partial charge >= 0.3 is 0 Å². The molecule has 1 aliphatic rings. The fourth-order valence-electron chi connectivity index (χ4n) is 5.77. The molecule has 0 amide bonds. The third-order valence-corrected chi connectivity index (χ3v) is 8.25. The van der Waals surface area contributed by atoms with Crippen LogP contribution < -0.4 is 0 Å². The quantitative estimate of drug-likeness (QED) is 0.122. The van der Waals surface area contributed by atoms with Crippen molar-refractivity contribution < 1.29 is 0 Å². The predicted octanol–water partition coefficient (Wildman–Crippen LogP) is 11.1. The van der Waals surface area contributed by atoms with E-state index in [0.717, 1.165) is 5.92 Å². The van der Waals surface area contributed by atoms with Gasteiger partial charge in [0.05, 0.1) is 0 Å². The molecule has 1 heterocycles. The SMILES string of the molecule is CCCCCCCCCCCCCCCCCCN1CCC(CCCCCCCCC)CC1. The first kappa shape index (κ1) is 31.0. The number of hydrogen-bond acceptors (Lipinski definition) is 1. The van der Waals surface area contributed by atoms with Gasteiger partial charge < -0.3 is 4.90 Å². The minimum Gasteiger partial charge on any atom is -0.303 e. The van der Waals surface area contributed by atoms with Crippen LogP contribution in [0.25, 0.3) is 0 Å². The first-order chi connectivity index (χ1) is 16.4. The van der Waals surface area contributed by atoms with Crippen molar-refractivity contribution in [2.24, 2.45) is 5.92 Å². The summed E-state index contributed by atoms with van der Waals surface area (Å²) in [6.07, 6.45) is 38.2. The monoisotopic (exact) mass is 464 g/mol. The maximum atomic E-state index is 2.77. The molecule has 0 aromatic carbocycles. The number of piperidine rings is 1. The Morgan fingerprint density at radius 1 is 0.424 bits per heavy atom. The van der Waals surface area contributed by atoms with Crippen LogP contribution in [0.3, 0.4) is 0 Å². The lowest BCUT2D eigenvalue weighted by molar-refractivity contribution is 0.174. The molecular weight excluding hydrogens is 398 g/mol. The minimum absolute atomic E-state index is 1.04. The van der Waals surface area contributed by atoms with Crippen LogP contribution in [0.1, 0.15) is 181 Å². The average Bonchev–Trinajstić information content (AvgIpc) is 2.84. The maximum absolute atomic E-state index is 2.77. The van der Waals surface area contributed by atoms with Crippen molar-refractivity contribution >= 4 is 0 Å². The summed E-state index contributed by atoms with van der Waals surface area (Å²) in [5, 5.41) is 0.